The molecule has 0 saturated heterocycles. The first-order valence-electron chi connectivity index (χ1n) is 8.71. The summed E-state index contributed by atoms with van der Waals surface area (Å²) in [7, 11) is 0. The van der Waals surface area contributed by atoms with Crippen molar-refractivity contribution in [3.8, 4) is 0 Å². The van der Waals surface area contributed by atoms with E-state index in [1.165, 1.54) is 40.9 Å². The second-order valence-corrected chi connectivity index (χ2v) is 9.51. The number of hydrogen-bond acceptors (Lipinski definition) is 2. The molecule has 1 N–H and O–H groups in total. The van der Waals surface area contributed by atoms with Crippen LogP contribution in [0.2, 0.25) is 0 Å². The molecule has 132 valence electrons. The Kier molecular flexibility index (Phi) is 4.19. The van der Waals surface area contributed by atoms with Crippen molar-refractivity contribution in [2.45, 2.75) is 58.3 Å². The summed E-state index contributed by atoms with van der Waals surface area (Å²) in [5.74, 6) is -0.880. The fourth-order valence-corrected chi connectivity index (χ4v) is 4.62. The number of carboxylic acids is 1. The molecular weight excluding hydrogens is 328 g/mol. The summed E-state index contributed by atoms with van der Waals surface area (Å²) < 4.78 is 0. The average Bonchev–Trinajstić information content (AvgIpc) is 3.01. The van der Waals surface area contributed by atoms with Gasteiger partial charge in [-0.3, -0.25) is 0 Å². The van der Waals surface area contributed by atoms with Crippen LogP contribution in [0.5, 0.6) is 0 Å². The second-order valence-electron chi connectivity index (χ2n) is 8.43. The van der Waals surface area contributed by atoms with Crippen LogP contribution in [0.25, 0.3) is 5.57 Å². The molecule has 0 radical (unpaired) electrons. The van der Waals surface area contributed by atoms with Gasteiger partial charge in [0.05, 0.1) is 0 Å². The van der Waals surface area contributed by atoms with Crippen LogP contribution in [0.1, 0.15) is 77.3 Å². The number of rotatable bonds is 3. The molecule has 0 atom stereocenters. The molecule has 25 heavy (non-hydrogen) atoms. The molecule has 0 unspecified atom stereocenters. The van der Waals surface area contributed by atoms with Gasteiger partial charge in [0.2, 0.25) is 0 Å². The van der Waals surface area contributed by atoms with E-state index >= 15 is 0 Å². The molecule has 0 amide bonds. The number of aromatic carboxylic acids is 1. The third-order valence-corrected chi connectivity index (χ3v) is 6.77. The molecule has 0 saturated carbocycles. The first-order valence-corrected chi connectivity index (χ1v) is 9.53. The van der Waals surface area contributed by atoms with E-state index < -0.39 is 5.97 Å². The minimum Gasteiger partial charge on any atom is -0.477 e. The van der Waals surface area contributed by atoms with Crippen molar-refractivity contribution in [2.75, 3.05) is 0 Å². The van der Waals surface area contributed by atoms with E-state index in [9.17, 15) is 9.90 Å². The van der Waals surface area contributed by atoms with E-state index in [0.717, 1.165) is 16.0 Å². The van der Waals surface area contributed by atoms with E-state index in [4.69, 9.17) is 0 Å². The molecule has 1 aromatic carbocycles. The predicted octanol–water partition coefficient (Wildman–Crippen LogP) is 6.17. The zero-order valence-electron chi connectivity index (χ0n) is 15.7. The first kappa shape index (κ1) is 17.9. The maximum atomic E-state index is 11.2. The van der Waals surface area contributed by atoms with Crippen molar-refractivity contribution < 1.29 is 9.90 Å². The molecule has 1 aliphatic rings. The number of thiophene rings is 1. The van der Waals surface area contributed by atoms with Crippen LogP contribution < -0.4 is 0 Å². The molecule has 0 aliphatic heterocycles. The van der Waals surface area contributed by atoms with Crippen molar-refractivity contribution in [1.82, 2.24) is 0 Å². The van der Waals surface area contributed by atoms with Crippen LogP contribution in [-0.2, 0) is 10.8 Å². The lowest BCUT2D eigenvalue weighted by Gasteiger charge is -2.42. The summed E-state index contributed by atoms with van der Waals surface area (Å²) in [6.07, 6.45) is 2.36. The van der Waals surface area contributed by atoms with Gasteiger partial charge in [0.15, 0.2) is 0 Å². The lowest BCUT2D eigenvalue weighted by atomic mass is 9.62. The van der Waals surface area contributed by atoms with E-state index in [1.54, 1.807) is 6.07 Å². The van der Waals surface area contributed by atoms with Gasteiger partial charge in [-0.25, -0.2) is 4.79 Å². The van der Waals surface area contributed by atoms with Gasteiger partial charge >= 0.3 is 5.97 Å². The third-order valence-electron chi connectivity index (χ3n) is 5.64. The molecule has 0 bridgehead atoms. The Morgan fingerprint density at radius 3 is 2.08 bits per heavy atom. The lowest BCUT2D eigenvalue weighted by molar-refractivity contribution is 0.0702. The Morgan fingerprint density at radius 2 is 1.56 bits per heavy atom. The van der Waals surface area contributed by atoms with Gasteiger partial charge in [-0.2, -0.15) is 0 Å². The highest BCUT2D eigenvalue weighted by molar-refractivity contribution is 7.15. The molecule has 0 spiro atoms. The topological polar surface area (TPSA) is 37.3 Å². The Hall–Kier alpha value is -1.87. The van der Waals surface area contributed by atoms with Gasteiger partial charge in [0.1, 0.15) is 4.88 Å². The maximum absolute atomic E-state index is 11.2. The highest BCUT2D eigenvalue weighted by atomic mass is 32.1. The fourth-order valence-electron chi connectivity index (χ4n) is 3.79. The van der Waals surface area contributed by atoms with Crippen molar-refractivity contribution >= 4 is 22.9 Å². The third kappa shape index (κ3) is 3.06. The zero-order valence-corrected chi connectivity index (χ0v) is 16.5. The number of aryl methyl sites for hydroxylation is 1. The number of benzene rings is 1. The number of hydrogen-bond donors (Lipinski definition) is 1. The van der Waals surface area contributed by atoms with E-state index in [-0.39, 0.29) is 10.8 Å². The summed E-state index contributed by atoms with van der Waals surface area (Å²) in [5.41, 5.74) is 6.43. The summed E-state index contributed by atoms with van der Waals surface area (Å²) >= 11 is 1.29. The van der Waals surface area contributed by atoms with Crippen molar-refractivity contribution in [3.05, 3.63) is 62.9 Å². The predicted molar refractivity (Wildman–Crippen MR) is 106 cm³/mol. The van der Waals surface area contributed by atoms with E-state index in [1.807, 2.05) is 6.07 Å². The quantitative estimate of drug-likeness (QED) is 0.716. The fraction of sp³-hybridized carbons (Fsp3) is 0.409. The van der Waals surface area contributed by atoms with Crippen LogP contribution >= 0.6 is 11.3 Å². The first-order chi connectivity index (χ1) is 11.5. The van der Waals surface area contributed by atoms with Gasteiger partial charge < -0.3 is 5.11 Å². The highest BCUT2D eigenvalue weighted by Gasteiger charge is 2.37. The van der Waals surface area contributed by atoms with Crippen LogP contribution in [0.4, 0.5) is 0 Å². The van der Waals surface area contributed by atoms with Crippen LogP contribution in [0, 0.1) is 6.92 Å². The van der Waals surface area contributed by atoms with Gasteiger partial charge in [-0.1, -0.05) is 46.4 Å². The summed E-state index contributed by atoms with van der Waals surface area (Å²) in [4.78, 5) is 12.4. The molecule has 2 aromatic rings. The van der Waals surface area contributed by atoms with E-state index in [0.29, 0.717) is 4.88 Å². The Bertz CT molecular complexity index is 868. The van der Waals surface area contributed by atoms with Gasteiger partial charge in [-0.05, 0) is 70.6 Å². The van der Waals surface area contributed by atoms with E-state index in [2.05, 4.69) is 53.3 Å². The van der Waals surface area contributed by atoms with Crippen molar-refractivity contribution in [3.63, 3.8) is 0 Å². The number of carboxylic acid groups (broad SMARTS) is 1. The number of fused-ring (bicyclic) bond motifs is 1. The summed E-state index contributed by atoms with van der Waals surface area (Å²) in [5, 5.41) is 9.17. The van der Waals surface area contributed by atoms with Crippen molar-refractivity contribution in [1.29, 1.82) is 0 Å². The molecular formula is C22H26O2S. The van der Waals surface area contributed by atoms with Crippen LogP contribution in [-0.4, -0.2) is 11.1 Å². The molecule has 2 nitrogen and oxygen atoms in total. The van der Waals surface area contributed by atoms with Crippen LogP contribution in [0.15, 0.2) is 30.8 Å². The Balaban J connectivity index is 2.11. The molecule has 3 rings (SSSR count). The largest absolute Gasteiger partial charge is 0.477 e. The molecule has 1 aromatic heterocycles. The molecule has 1 heterocycles. The summed E-state index contributed by atoms with van der Waals surface area (Å²) in [6.45, 7) is 15.7. The minimum absolute atomic E-state index is 0.148. The Labute approximate surface area is 154 Å². The van der Waals surface area contributed by atoms with Crippen LogP contribution in [0.3, 0.4) is 0 Å². The van der Waals surface area contributed by atoms with Gasteiger partial charge in [0.25, 0.3) is 0 Å². The standard InChI is InChI=1S/C22H26O2S/c1-13-11-16-17(22(5,6)10-9-21(16,3)4)12-15(13)14(2)18-7-8-19(25-18)20(23)24/h7-8,11-12H,2,9-10H2,1,3-6H3,(H,23,24). The molecule has 0 fully saturated rings. The van der Waals surface area contributed by atoms with Gasteiger partial charge in [0, 0.05) is 4.88 Å². The smallest absolute Gasteiger partial charge is 0.345 e. The minimum atomic E-state index is -0.880. The lowest BCUT2D eigenvalue weighted by Crippen LogP contribution is -2.34. The SMILES string of the molecule is C=C(c1ccc(C(=O)O)s1)c1cc2c(cc1C)C(C)(C)CCC2(C)C. The molecule has 3 heteroatoms. The van der Waals surface area contributed by atoms with Crippen molar-refractivity contribution in [2.24, 2.45) is 0 Å². The van der Waals surface area contributed by atoms with Gasteiger partial charge in [-0.15, -0.1) is 11.3 Å². The zero-order chi connectivity index (χ0) is 18.6. The normalized spacial score (nSPS) is 17.8. The molecule has 1 aliphatic carbocycles. The Morgan fingerprint density at radius 1 is 1.04 bits per heavy atom. The maximum Gasteiger partial charge on any atom is 0.345 e. The second kappa shape index (κ2) is 5.84. The average molecular weight is 355 g/mol. The highest BCUT2D eigenvalue weighted by Crippen LogP contribution is 2.47. The number of carbonyl (C=O) groups is 1. The monoisotopic (exact) mass is 354 g/mol. The summed E-state index contributed by atoms with van der Waals surface area (Å²) in [6, 6.07) is 8.15.